The van der Waals surface area contributed by atoms with Crippen molar-refractivity contribution in [1.82, 2.24) is 9.55 Å². The van der Waals surface area contributed by atoms with Crippen LogP contribution in [0.25, 0.3) is 49.9 Å². The standard InChI is InChI=1S/C56H50N4O/c1-55(2,3)40-20-14-19-39(33-40)46-25-16-24-45(38-17-8-7-9-18-38)54(46)59-37-58(50-27-12-13-28-51(50)59)42-21-15-22-43(35-42)61-44-29-30-48-47-23-10-11-26-49(47)60(52(48)36-44)53-34-41(31-32-57-53)56(4,5)6/h7-36H,37H2,1-6H3/i7D,8D,9D,10D,11D,17D,18D,23D,26D. The quantitative estimate of drug-likeness (QED) is 0.161. The first kappa shape index (κ1) is 29.2. The first-order valence-corrected chi connectivity index (χ1v) is 20.5. The van der Waals surface area contributed by atoms with Crippen LogP contribution in [0.4, 0.5) is 22.7 Å². The molecule has 10 rings (SSSR count). The van der Waals surface area contributed by atoms with E-state index in [0.29, 0.717) is 57.0 Å². The Morgan fingerprint density at radius 1 is 0.541 bits per heavy atom. The molecule has 3 heterocycles. The summed E-state index contributed by atoms with van der Waals surface area (Å²) in [5.41, 5.74) is 8.36. The molecule has 0 amide bonds. The minimum atomic E-state index is -0.450. The minimum absolute atomic E-state index is 0.119. The first-order valence-electron chi connectivity index (χ1n) is 25.0. The summed E-state index contributed by atoms with van der Waals surface area (Å²) in [4.78, 5) is 9.04. The fraction of sp³-hybridized carbons (Fsp3) is 0.161. The molecule has 0 spiro atoms. The highest BCUT2D eigenvalue weighted by atomic mass is 16.5. The van der Waals surface area contributed by atoms with E-state index in [1.165, 1.54) is 0 Å². The van der Waals surface area contributed by atoms with Crippen LogP contribution in [0.2, 0.25) is 0 Å². The van der Waals surface area contributed by atoms with E-state index in [1.807, 2.05) is 103 Å². The van der Waals surface area contributed by atoms with Crippen LogP contribution < -0.4 is 14.5 Å². The van der Waals surface area contributed by atoms with Crippen LogP contribution in [0.3, 0.4) is 0 Å². The van der Waals surface area contributed by atoms with E-state index in [4.69, 9.17) is 22.1 Å². The van der Waals surface area contributed by atoms with Gasteiger partial charge in [-0.05, 0) is 87.7 Å². The van der Waals surface area contributed by atoms with Gasteiger partial charge >= 0.3 is 0 Å². The van der Waals surface area contributed by atoms with E-state index < -0.39 is 18.1 Å². The van der Waals surface area contributed by atoms with Crippen molar-refractivity contribution in [1.29, 1.82) is 0 Å². The van der Waals surface area contributed by atoms with Gasteiger partial charge in [-0.15, -0.1) is 0 Å². The van der Waals surface area contributed by atoms with Crippen LogP contribution in [-0.4, -0.2) is 16.2 Å². The summed E-state index contributed by atoms with van der Waals surface area (Å²) in [6, 6.07) is 36.5. The normalized spacial score (nSPS) is 15.0. The van der Waals surface area contributed by atoms with Gasteiger partial charge in [-0.3, -0.25) is 4.57 Å². The molecule has 0 saturated carbocycles. The van der Waals surface area contributed by atoms with Crippen molar-refractivity contribution in [2.75, 3.05) is 16.5 Å². The molecule has 5 nitrogen and oxygen atoms in total. The summed E-state index contributed by atoms with van der Waals surface area (Å²) in [5.74, 6) is 1.54. The highest BCUT2D eigenvalue weighted by molar-refractivity contribution is 6.09. The number of aromatic nitrogens is 2. The Kier molecular flexibility index (Phi) is 7.11. The van der Waals surface area contributed by atoms with Gasteiger partial charge < -0.3 is 14.5 Å². The SMILES string of the molecule is [2H]c1c([2H])c([2H])c(-c2cccc(-c3cccc(C(C)(C)C)c3)c2N2CN(c3cccc(Oc4ccc5c6c([2H])c([2H])c([2H])c([2H])c6n(-c6cc(C(C)(C)C)ccn6)c5c4)c3)c3ccccc32)c([2H])c1[2H]. The molecule has 1 aliphatic heterocycles. The minimum Gasteiger partial charge on any atom is -0.457 e. The summed E-state index contributed by atoms with van der Waals surface area (Å²) >= 11 is 0. The molecule has 5 heteroatoms. The topological polar surface area (TPSA) is 33.5 Å². The molecule has 7 aromatic carbocycles. The maximum absolute atomic E-state index is 9.11. The molecule has 0 atom stereocenters. The van der Waals surface area contributed by atoms with Crippen molar-refractivity contribution in [3.8, 4) is 39.6 Å². The highest BCUT2D eigenvalue weighted by Crippen LogP contribution is 2.50. The Bertz CT molecular complexity index is 3580. The van der Waals surface area contributed by atoms with E-state index in [-0.39, 0.29) is 52.6 Å². The summed E-state index contributed by atoms with van der Waals surface area (Å²) in [7, 11) is 0. The lowest BCUT2D eigenvalue weighted by atomic mass is 9.85. The van der Waals surface area contributed by atoms with Crippen LogP contribution in [-0.2, 0) is 10.8 Å². The van der Waals surface area contributed by atoms with Gasteiger partial charge in [0.1, 0.15) is 24.0 Å². The number of para-hydroxylation sites is 4. The van der Waals surface area contributed by atoms with Gasteiger partial charge in [0.05, 0.1) is 40.4 Å². The van der Waals surface area contributed by atoms with E-state index in [9.17, 15) is 0 Å². The molecule has 0 bridgehead atoms. The second-order valence-electron chi connectivity index (χ2n) is 17.5. The Morgan fingerprint density at radius 3 is 2.00 bits per heavy atom. The molecular formula is C56H50N4O. The number of pyridine rings is 1. The van der Waals surface area contributed by atoms with Crippen molar-refractivity contribution in [2.45, 2.75) is 52.4 Å². The van der Waals surface area contributed by atoms with Crippen LogP contribution in [0.1, 0.15) is 65.0 Å². The monoisotopic (exact) mass is 803 g/mol. The molecule has 0 unspecified atom stereocenters. The lowest BCUT2D eigenvalue weighted by Crippen LogP contribution is -2.25. The van der Waals surface area contributed by atoms with Crippen LogP contribution in [0.5, 0.6) is 11.5 Å². The molecule has 0 fully saturated rings. The van der Waals surface area contributed by atoms with Crippen molar-refractivity contribution in [3.05, 3.63) is 193 Å². The number of fused-ring (bicyclic) bond motifs is 4. The Hall–Kier alpha value is -7.11. The first-order chi connectivity index (χ1) is 33.2. The van der Waals surface area contributed by atoms with Crippen LogP contribution in [0, 0.1) is 0 Å². The average Bonchev–Trinajstić information content (AvgIpc) is 3.90. The summed E-state index contributed by atoms with van der Waals surface area (Å²) in [5, 5.41) is 1.03. The zero-order chi connectivity index (χ0) is 49.7. The van der Waals surface area contributed by atoms with E-state index >= 15 is 0 Å². The summed E-state index contributed by atoms with van der Waals surface area (Å²) < 4.78 is 87.5. The van der Waals surface area contributed by atoms with Crippen molar-refractivity contribution in [3.63, 3.8) is 0 Å². The number of anilines is 4. The van der Waals surface area contributed by atoms with Gasteiger partial charge in [-0.2, -0.15) is 0 Å². The van der Waals surface area contributed by atoms with Crippen molar-refractivity contribution >= 4 is 44.6 Å². The van der Waals surface area contributed by atoms with E-state index in [0.717, 1.165) is 39.3 Å². The number of hydrogen-bond donors (Lipinski definition) is 0. The molecule has 0 N–H and O–H groups in total. The third-order valence-corrected chi connectivity index (χ3v) is 11.4. The molecular weight excluding hydrogens is 745 g/mol. The smallest absolute Gasteiger partial charge is 0.137 e. The second kappa shape index (κ2) is 14.9. The van der Waals surface area contributed by atoms with Gasteiger partial charge in [-0.1, -0.05) is 151 Å². The predicted molar refractivity (Wildman–Crippen MR) is 255 cm³/mol. The van der Waals surface area contributed by atoms with Crippen molar-refractivity contribution < 1.29 is 17.1 Å². The molecule has 61 heavy (non-hydrogen) atoms. The molecule has 0 saturated heterocycles. The van der Waals surface area contributed by atoms with Gasteiger partial charge in [0.15, 0.2) is 0 Å². The Labute approximate surface area is 371 Å². The molecule has 0 radical (unpaired) electrons. The Morgan fingerprint density at radius 2 is 1.21 bits per heavy atom. The lowest BCUT2D eigenvalue weighted by molar-refractivity contribution is 0.483. The predicted octanol–water partition coefficient (Wildman–Crippen LogP) is 15.1. The van der Waals surface area contributed by atoms with Crippen molar-refractivity contribution in [2.24, 2.45) is 0 Å². The molecule has 2 aromatic heterocycles. The van der Waals surface area contributed by atoms with Gasteiger partial charge in [0, 0.05) is 45.9 Å². The number of ether oxygens (including phenoxy) is 1. The number of rotatable bonds is 7. The van der Waals surface area contributed by atoms with Gasteiger partial charge in [0.25, 0.3) is 0 Å². The fourth-order valence-electron chi connectivity index (χ4n) is 8.29. The summed E-state index contributed by atoms with van der Waals surface area (Å²) in [6.45, 7) is 13.1. The third kappa shape index (κ3) is 7.00. The lowest BCUT2D eigenvalue weighted by Gasteiger charge is -2.28. The maximum Gasteiger partial charge on any atom is 0.137 e. The molecule has 1 aliphatic rings. The van der Waals surface area contributed by atoms with E-state index in [1.54, 1.807) is 16.8 Å². The zero-order valence-corrected chi connectivity index (χ0v) is 35.0. The summed E-state index contributed by atoms with van der Waals surface area (Å²) in [6.07, 6.45) is 1.72. The largest absolute Gasteiger partial charge is 0.457 e. The number of nitrogens with zero attached hydrogens (tertiary/aromatic N) is 4. The maximum atomic E-state index is 9.11. The Balaban J connectivity index is 1.09. The molecule has 300 valence electrons. The molecule has 0 aliphatic carbocycles. The fourth-order valence-corrected chi connectivity index (χ4v) is 8.29. The van der Waals surface area contributed by atoms with E-state index in [2.05, 4.69) is 63.5 Å². The molecule has 9 aromatic rings. The second-order valence-corrected chi connectivity index (χ2v) is 17.5. The number of benzene rings is 7. The van der Waals surface area contributed by atoms with Crippen LogP contribution >= 0.6 is 0 Å². The van der Waals surface area contributed by atoms with Crippen LogP contribution in [0.15, 0.2) is 182 Å². The zero-order valence-electron chi connectivity index (χ0n) is 44.0. The number of hydrogen-bond acceptors (Lipinski definition) is 4. The van der Waals surface area contributed by atoms with Gasteiger partial charge in [0.2, 0.25) is 0 Å². The van der Waals surface area contributed by atoms with Gasteiger partial charge in [-0.25, -0.2) is 4.98 Å². The average molecular weight is 804 g/mol. The highest BCUT2D eigenvalue weighted by Gasteiger charge is 2.32. The third-order valence-electron chi connectivity index (χ3n) is 11.4.